The number of sulfonamides is 1. The highest BCUT2D eigenvalue weighted by molar-refractivity contribution is 7.91. The van der Waals surface area contributed by atoms with Crippen LogP contribution in [0.2, 0.25) is 0 Å². The number of aryl methyl sites for hydroxylation is 2. The molecule has 2 saturated carbocycles. The predicted octanol–water partition coefficient (Wildman–Crippen LogP) is 5.50. The van der Waals surface area contributed by atoms with E-state index in [1.54, 1.807) is 6.92 Å². The van der Waals surface area contributed by atoms with Gasteiger partial charge in [0.15, 0.2) is 0 Å². The van der Waals surface area contributed by atoms with Gasteiger partial charge in [-0.3, -0.25) is 19.1 Å². The van der Waals surface area contributed by atoms with Crippen LogP contribution in [-0.2, 0) is 37.0 Å². The van der Waals surface area contributed by atoms with Gasteiger partial charge in [0.1, 0.15) is 34.8 Å². The van der Waals surface area contributed by atoms with Crippen molar-refractivity contribution in [1.29, 1.82) is 0 Å². The van der Waals surface area contributed by atoms with E-state index < -0.39 is 73.4 Å². The molecule has 3 fully saturated rings. The number of rotatable bonds is 5. The summed E-state index contributed by atoms with van der Waals surface area (Å²) in [7, 11) is -4.03. The maximum Gasteiger partial charge on any atom is 0.416 e. The molecule has 1 spiro atoms. The minimum absolute atomic E-state index is 0.0148. The van der Waals surface area contributed by atoms with Gasteiger partial charge in [0.05, 0.1) is 28.1 Å². The summed E-state index contributed by atoms with van der Waals surface area (Å²) in [5.74, 6) is -2.02. The molecule has 2 aromatic heterocycles. The van der Waals surface area contributed by atoms with E-state index in [9.17, 15) is 36.0 Å². The number of anilines is 1. The van der Waals surface area contributed by atoms with Gasteiger partial charge < -0.3 is 20.3 Å². The molecule has 3 aliphatic heterocycles. The lowest BCUT2D eigenvalue weighted by Crippen LogP contribution is -2.58. The summed E-state index contributed by atoms with van der Waals surface area (Å²) in [4.78, 5) is 53.7. The molecule has 5 heterocycles. The monoisotopic (exact) mass is 794 g/mol. The number of benzene rings is 1. The van der Waals surface area contributed by atoms with Crippen molar-refractivity contribution in [3.8, 4) is 5.75 Å². The molecular weight excluding hydrogens is 750 g/mol. The van der Waals surface area contributed by atoms with Crippen LogP contribution < -0.4 is 20.1 Å². The average Bonchev–Trinajstić information content (AvgIpc) is 4.05. The number of aromatic nitrogens is 2. The molecule has 1 saturated heterocycles. The molecule has 0 radical (unpaired) electrons. The first kappa shape index (κ1) is 38.2. The number of ether oxygens (including phenoxy) is 1. The Labute approximate surface area is 323 Å². The molecular formula is C40H45F3N6O6S. The SMILES string of the molecule is Cc1nc2ccccc2c2c1O[C@]1(CC2)C[C@H]2C(=O)N[C@]3(C(=O)NS(=O)(=O)C4(C)CC4)C[C@H]3/C=C\CCCCC[C@H](Nc3cc(C(F)(F)F)ccn3)C(=O)N2C1. The van der Waals surface area contributed by atoms with Gasteiger partial charge in [-0.05, 0) is 83.4 Å². The second kappa shape index (κ2) is 13.7. The first-order valence-corrected chi connectivity index (χ1v) is 20.7. The van der Waals surface area contributed by atoms with Crippen LogP contribution in [0, 0.1) is 12.8 Å². The van der Waals surface area contributed by atoms with Crippen molar-refractivity contribution in [1.82, 2.24) is 24.9 Å². The minimum atomic E-state index is -4.63. The van der Waals surface area contributed by atoms with Gasteiger partial charge in [-0.25, -0.2) is 18.4 Å². The lowest BCUT2D eigenvalue weighted by molar-refractivity contribution is -0.140. The number of hydrogen-bond acceptors (Lipinski definition) is 9. The minimum Gasteiger partial charge on any atom is -0.483 e. The summed E-state index contributed by atoms with van der Waals surface area (Å²) in [5.41, 5.74) is -1.06. The predicted molar refractivity (Wildman–Crippen MR) is 201 cm³/mol. The number of halogens is 3. The summed E-state index contributed by atoms with van der Waals surface area (Å²) in [5, 5.41) is 6.80. The highest BCUT2D eigenvalue weighted by Gasteiger charge is 2.64. The fourth-order valence-corrected chi connectivity index (χ4v) is 9.82. The Hall–Kier alpha value is -4.73. The van der Waals surface area contributed by atoms with Crippen LogP contribution in [-0.4, -0.2) is 75.5 Å². The molecule has 3 N–H and O–H groups in total. The molecule has 56 heavy (non-hydrogen) atoms. The number of nitrogens with zero attached hydrogens (tertiary/aromatic N) is 3. The topological polar surface area (TPSA) is 160 Å². The molecule has 2 aliphatic carbocycles. The number of amides is 3. The Morgan fingerprint density at radius 2 is 1.86 bits per heavy atom. The summed E-state index contributed by atoms with van der Waals surface area (Å²) in [6, 6.07) is 7.25. The molecule has 5 aliphatic rings. The summed E-state index contributed by atoms with van der Waals surface area (Å²) < 4.78 is 75.5. The standard InChI is InChI=1S/C40H45F3N6O6S/c1-24-33-28(27-11-8-9-12-29(27)45-24)14-16-38(55-33)22-31-34(50)47-39(36(52)48-56(53,54)37(2)17-18-37)21-26(39)10-6-4-3-5-7-13-30(35(51)49(31)23-38)46-32-20-25(15-19-44-32)40(41,42)43/h6,8-12,15,19-20,26,30-31H,3-5,7,13-14,16-18,21-23H2,1-2H3,(H,44,46)(H,47,50)(H,48,52)/b10-6-/t26-,30+,31+,38-,39-/m1/s1. The van der Waals surface area contributed by atoms with Crippen LogP contribution in [0.5, 0.6) is 5.75 Å². The van der Waals surface area contributed by atoms with Gasteiger partial charge in [0.25, 0.3) is 5.91 Å². The highest BCUT2D eigenvalue weighted by atomic mass is 32.2. The van der Waals surface area contributed by atoms with Crippen LogP contribution >= 0.6 is 0 Å². The van der Waals surface area contributed by atoms with E-state index in [1.165, 1.54) is 4.90 Å². The van der Waals surface area contributed by atoms with Gasteiger partial charge in [0, 0.05) is 29.5 Å². The Kier molecular flexibility index (Phi) is 9.36. The van der Waals surface area contributed by atoms with Gasteiger partial charge >= 0.3 is 6.18 Å². The van der Waals surface area contributed by atoms with Crippen LogP contribution in [0.4, 0.5) is 19.0 Å². The van der Waals surface area contributed by atoms with E-state index in [0.717, 1.165) is 41.2 Å². The Bertz CT molecular complexity index is 2250. The largest absolute Gasteiger partial charge is 0.483 e. The summed E-state index contributed by atoms with van der Waals surface area (Å²) in [6.45, 7) is 3.40. The lowest BCUT2D eigenvalue weighted by Gasteiger charge is -2.36. The van der Waals surface area contributed by atoms with Crippen molar-refractivity contribution in [2.75, 3.05) is 11.9 Å². The molecule has 3 aromatic rings. The zero-order valence-corrected chi connectivity index (χ0v) is 32.1. The Morgan fingerprint density at radius 1 is 1.07 bits per heavy atom. The maximum absolute atomic E-state index is 14.8. The summed E-state index contributed by atoms with van der Waals surface area (Å²) >= 11 is 0. The van der Waals surface area contributed by atoms with E-state index in [4.69, 9.17) is 9.72 Å². The molecule has 0 bridgehead atoms. The van der Waals surface area contributed by atoms with Crippen molar-refractivity contribution in [3.63, 3.8) is 0 Å². The Morgan fingerprint density at radius 3 is 2.62 bits per heavy atom. The summed E-state index contributed by atoms with van der Waals surface area (Å²) in [6.07, 6.45) is 5.11. The van der Waals surface area contributed by atoms with Crippen molar-refractivity contribution < 1.29 is 40.7 Å². The van der Waals surface area contributed by atoms with Crippen LogP contribution in [0.15, 0.2) is 54.7 Å². The third kappa shape index (κ3) is 6.98. The number of hydrogen-bond donors (Lipinski definition) is 3. The third-order valence-electron chi connectivity index (χ3n) is 12.3. The van der Waals surface area contributed by atoms with E-state index in [2.05, 4.69) is 20.3 Å². The second-order valence-electron chi connectivity index (χ2n) is 16.3. The molecule has 3 amide bonds. The fraction of sp³-hybridized carbons (Fsp3) is 0.525. The fourth-order valence-electron chi connectivity index (χ4n) is 8.51. The molecule has 16 heteroatoms. The number of para-hydroxylation sites is 1. The Balaban J connectivity index is 1.15. The van der Waals surface area contributed by atoms with Crippen molar-refractivity contribution in [2.24, 2.45) is 5.92 Å². The average molecular weight is 795 g/mol. The quantitative estimate of drug-likeness (QED) is 0.284. The van der Waals surface area contributed by atoms with E-state index >= 15 is 0 Å². The van der Waals surface area contributed by atoms with E-state index in [-0.39, 0.29) is 31.6 Å². The number of fused-ring (bicyclic) bond motifs is 5. The smallest absolute Gasteiger partial charge is 0.416 e. The molecule has 298 valence electrons. The molecule has 12 nitrogen and oxygen atoms in total. The van der Waals surface area contributed by atoms with Gasteiger partial charge in [-0.2, -0.15) is 13.2 Å². The second-order valence-corrected chi connectivity index (χ2v) is 18.5. The van der Waals surface area contributed by atoms with Gasteiger partial charge in [0.2, 0.25) is 21.8 Å². The lowest BCUT2D eigenvalue weighted by atomic mass is 9.87. The molecule has 5 atom stereocenters. The zero-order chi connectivity index (χ0) is 39.7. The number of alkyl halides is 3. The first-order valence-electron chi connectivity index (χ1n) is 19.3. The van der Waals surface area contributed by atoms with Crippen LogP contribution in [0.25, 0.3) is 10.9 Å². The van der Waals surface area contributed by atoms with E-state index in [0.29, 0.717) is 56.4 Å². The van der Waals surface area contributed by atoms with Crippen LogP contribution in [0.3, 0.4) is 0 Å². The number of carbonyl (C=O) groups is 3. The molecule has 1 aromatic carbocycles. The maximum atomic E-state index is 14.8. The zero-order valence-electron chi connectivity index (χ0n) is 31.2. The van der Waals surface area contributed by atoms with Crippen molar-refractivity contribution >= 4 is 44.5 Å². The van der Waals surface area contributed by atoms with Gasteiger partial charge in [-0.1, -0.05) is 43.2 Å². The third-order valence-corrected chi connectivity index (χ3v) is 14.5. The number of nitrogens with one attached hydrogen (secondary N) is 3. The normalized spacial score (nSPS) is 29.4. The van der Waals surface area contributed by atoms with Crippen molar-refractivity contribution in [3.05, 3.63) is 71.6 Å². The number of pyridine rings is 2. The number of allylic oxidation sites excluding steroid dienone is 1. The van der Waals surface area contributed by atoms with E-state index in [1.807, 2.05) is 43.3 Å². The molecule has 0 unspecified atom stereocenters. The van der Waals surface area contributed by atoms with Crippen LogP contribution in [0.1, 0.15) is 88.0 Å². The number of carbonyl (C=O) groups excluding carboxylic acids is 3. The highest BCUT2D eigenvalue weighted by Crippen LogP contribution is 2.49. The first-order chi connectivity index (χ1) is 26.5. The van der Waals surface area contributed by atoms with Crippen molar-refractivity contribution in [2.45, 2.75) is 119 Å². The molecule has 8 rings (SSSR count). The van der Waals surface area contributed by atoms with Gasteiger partial charge in [-0.15, -0.1) is 0 Å².